The van der Waals surface area contributed by atoms with Crippen LogP contribution in [0.25, 0.3) is 10.1 Å². The fourth-order valence-electron chi connectivity index (χ4n) is 1.46. The van der Waals surface area contributed by atoms with Gasteiger partial charge in [0.1, 0.15) is 0 Å². The number of aromatic hydroxyl groups is 1. The van der Waals surface area contributed by atoms with Crippen LogP contribution < -0.4 is 0 Å². The van der Waals surface area contributed by atoms with Gasteiger partial charge >= 0.3 is 0 Å². The van der Waals surface area contributed by atoms with Gasteiger partial charge in [-0.05, 0) is 30.2 Å². The molecule has 0 bridgehead atoms. The summed E-state index contributed by atoms with van der Waals surface area (Å²) in [6.07, 6.45) is 0. The number of rotatable bonds is 1. The SMILES string of the molecule is Cc1cc(CBr)c2cc(O)sc2c1. The minimum atomic E-state index is 0.391. The van der Waals surface area contributed by atoms with E-state index in [0.29, 0.717) is 5.06 Å². The van der Waals surface area contributed by atoms with Gasteiger partial charge in [0.15, 0.2) is 5.06 Å². The van der Waals surface area contributed by atoms with Crippen molar-refractivity contribution in [3.63, 3.8) is 0 Å². The van der Waals surface area contributed by atoms with Gasteiger partial charge in [0.25, 0.3) is 0 Å². The Hall–Kier alpha value is -0.540. The Bertz CT molecular complexity index is 447. The van der Waals surface area contributed by atoms with Crippen LogP contribution in [0.2, 0.25) is 0 Å². The summed E-state index contributed by atoms with van der Waals surface area (Å²) in [5.74, 6) is 0. The van der Waals surface area contributed by atoms with Crippen LogP contribution in [0.4, 0.5) is 0 Å². The maximum Gasteiger partial charge on any atom is 0.172 e. The minimum absolute atomic E-state index is 0.391. The molecule has 1 aromatic carbocycles. The minimum Gasteiger partial charge on any atom is -0.499 e. The molecule has 0 aliphatic rings. The van der Waals surface area contributed by atoms with Crippen LogP contribution in [0.15, 0.2) is 18.2 Å². The Morgan fingerprint density at radius 2 is 2.15 bits per heavy atom. The first-order valence-corrected chi connectivity index (χ1v) is 5.92. The Balaban J connectivity index is 2.80. The number of hydrogen-bond donors (Lipinski definition) is 1. The lowest BCUT2D eigenvalue weighted by molar-refractivity contribution is 0.491. The second-order valence-corrected chi connectivity index (χ2v) is 4.68. The summed E-state index contributed by atoms with van der Waals surface area (Å²) >= 11 is 4.88. The molecule has 1 aromatic heterocycles. The number of benzene rings is 1. The van der Waals surface area contributed by atoms with E-state index in [-0.39, 0.29) is 0 Å². The van der Waals surface area contributed by atoms with Crippen LogP contribution in [0.1, 0.15) is 11.1 Å². The number of aryl methyl sites for hydroxylation is 1. The van der Waals surface area contributed by atoms with Crippen LogP contribution in [0, 0.1) is 6.92 Å². The molecular formula is C10H9BrOS. The van der Waals surface area contributed by atoms with E-state index < -0.39 is 0 Å². The highest BCUT2D eigenvalue weighted by Crippen LogP contribution is 2.34. The Kier molecular flexibility index (Phi) is 2.30. The number of fused-ring (bicyclic) bond motifs is 1. The van der Waals surface area contributed by atoms with E-state index in [1.807, 2.05) is 6.07 Å². The van der Waals surface area contributed by atoms with Crippen LogP contribution in [-0.4, -0.2) is 5.11 Å². The Morgan fingerprint density at radius 1 is 1.38 bits per heavy atom. The molecule has 0 fully saturated rings. The third kappa shape index (κ3) is 1.58. The molecule has 1 nitrogen and oxygen atoms in total. The van der Waals surface area contributed by atoms with Gasteiger partial charge in [-0.1, -0.05) is 33.3 Å². The molecule has 1 heterocycles. The number of halogens is 1. The average molecular weight is 257 g/mol. The Morgan fingerprint density at radius 3 is 2.85 bits per heavy atom. The van der Waals surface area contributed by atoms with E-state index in [1.54, 1.807) is 0 Å². The third-order valence-electron chi connectivity index (χ3n) is 2.00. The van der Waals surface area contributed by atoms with E-state index in [0.717, 1.165) is 15.4 Å². The molecule has 3 heteroatoms. The molecule has 13 heavy (non-hydrogen) atoms. The molecule has 0 saturated carbocycles. The monoisotopic (exact) mass is 256 g/mol. The molecule has 68 valence electrons. The van der Waals surface area contributed by atoms with E-state index in [9.17, 15) is 5.11 Å². The summed E-state index contributed by atoms with van der Waals surface area (Å²) in [5, 5.41) is 11.8. The highest BCUT2D eigenvalue weighted by atomic mass is 79.9. The predicted octanol–water partition coefficient (Wildman–Crippen LogP) is 3.81. The molecular weight excluding hydrogens is 248 g/mol. The van der Waals surface area contributed by atoms with Crippen molar-refractivity contribution in [2.45, 2.75) is 12.3 Å². The molecule has 0 unspecified atom stereocenters. The molecule has 0 atom stereocenters. The van der Waals surface area contributed by atoms with Crippen LogP contribution >= 0.6 is 27.3 Å². The predicted molar refractivity (Wildman–Crippen MR) is 60.9 cm³/mol. The smallest absolute Gasteiger partial charge is 0.172 e. The molecule has 2 rings (SSSR count). The standard InChI is InChI=1S/C10H9BrOS/c1-6-2-7(5-11)8-4-10(12)13-9(8)3-6/h2-4,12H,5H2,1H3. The highest BCUT2D eigenvalue weighted by Gasteiger charge is 2.05. The van der Waals surface area contributed by atoms with E-state index >= 15 is 0 Å². The number of alkyl halides is 1. The van der Waals surface area contributed by atoms with Gasteiger partial charge in [0.2, 0.25) is 0 Å². The summed E-state index contributed by atoms with van der Waals surface area (Å²) in [6.45, 7) is 2.07. The number of thiophene rings is 1. The lowest BCUT2D eigenvalue weighted by Gasteiger charge is -1.99. The molecule has 0 radical (unpaired) electrons. The van der Waals surface area contributed by atoms with Gasteiger partial charge in [-0.15, -0.1) is 0 Å². The summed E-state index contributed by atoms with van der Waals surface area (Å²) in [5.41, 5.74) is 2.48. The fraction of sp³-hybridized carbons (Fsp3) is 0.200. The molecule has 0 saturated heterocycles. The second-order valence-electron chi connectivity index (χ2n) is 3.05. The van der Waals surface area contributed by atoms with E-state index in [4.69, 9.17) is 0 Å². The molecule has 0 spiro atoms. The van der Waals surface area contributed by atoms with Crippen LogP contribution in [-0.2, 0) is 5.33 Å². The molecule has 0 aliphatic heterocycles. The first kappa shape index (κ1) is 9.03. The number of hydrogen-bond acceptors (Lipinski definition) is 2. The van der Waals surface area contributed by atoms with Crippen molar-refractivity contribution in [3.05, 3.63) is 29.3 Å². The van der Waals surface area contributed by atoms with Gasteiger partial charge in [-0.25, -0.2) is 0 Å². The molecule has 0 aliphatic carbocycles. The molecule has 1 N–H and O–H groups in total. The average Bonchev–Trinajstić information content (AvgIpc) is 2.43. The lowest BCUT2D eigenvalue weighted by Crippen LogP contribution is -1.80. The first-order valence-electron chi connectivity index (χ1n) is 3.98. The van der Waals surface area contributed by atoms with Crippen molar-refractivity contribution in [1.29, 1.82) is 0 Å². The Labute approximate surface area is 89.1 Å². The van der Waals surface area contributed by atoms with Gasteiger partial charge < -0.3 is 5.11 Å². The maximum absolute atomic E-state index is 9.37. The lowest BCUT2D eigenvalue weighted by atomic mass is 10.1. The van der Waals surface area contributed by atoms with Gasteiger partial charge in [0, 0.05) is 15.4 Å². The molecule has 2 aromatic rings. The van der Waals surface area contributed by atoms with Crippen molar-refractivity contribution < 1.29 is 5.11 Å². The van der Waals surface area contributed by atoms with Crippen molar-refractivity contribution in [2.75, 3.05) is 0 Å². The van der Waals surface area contributed by atoms with Crippen molar-refractivity contribution >= 4 is 37.4 Å². The summed E-state index contributed by atoms with van der Waals surface area (Å²) < 4.78 is 1.16. The largest absolute Gasteiger partial charge is 0.499 e. The van der Waals surface area contributed by atoms with Crippen molar-refractivity contribution in [3.8, 4) is 5.06 Å². The van der Waals surface area contributed by atoms with Crippen LogP contribution in [0.3, 0.4) is 0 Å². The summed E-state index contributed by atoms with van der Waals surface area (Å²) in [6, 6.07) is 6.07. The van der Waals surface area contributed by atoms with E-state index in [1.165, 1.54) is 22.5 Å². The van der Waals surface area contributed by atoms with Gasteiger partial charge in [-0.2, -0.15) is 0 Å². The normalized spacial score (nSPS) is 10.9. The van der Waals surface area contributed by atoms with Gasteiger partial charge in [0.05, 0.1) is 0 Å². The van der Waals surface area contributed by atoms with Gasteiger partial charge in [-0.3, -0.25) is 0 Å². The van der Waals surface area contributed by atoms with Crippen LogP contribution in [0.5, 0.6) is 5.06 Å². The van der Waals surface area contributed by atoms with E-state index in [2.05, 4.69) is 35.0 Å². The van der Waals surface area contributed by atoms with Crippen molar-refractivity contribution in [1.82, 2.24) is 0 Å². The third-order valence-corrected chi connectivity index (χ3v) is 3.49. The summed E-state index contributed by atoms with van der Waals surface area (Å²) in [4.78, 5) is 0. The zero-order valence-electron chi connectivity index (χ0n) is 7.17. The maximum atomic E-state index is 9.37. The zero-order chi connectivity index (χ0) is 9.42. The fourth-order valence-corrected chi connectivity index (χ4v) is 2.87. The topological polar surface area (TPSA) is 20.2 Å². The quantitative estimate of drug-likeness (QED) is 0.770. The second kappa shape index (κ2) is 3.31. The zero-order valence-corrected chi connectivity index (χ0v) is 9.58. The highest BCUT2D eigenvalue weighted by molar-refractivity contribution is 9.08. The summed E-state index contributed by atoms with van der Waals surface area (Å²) in [7, 11) is 0. The van der Waals surface area contributed by atoms with Crippen molar-refractivity contribution in [2.24, 2.45) is 0 Å². The molecule has 0 amide bonds. The first-order chi connectivity index (χ1) is 6.20.